The van der Waals surface area contributed by atoms with E-state index >= 15 is 0 Å². The maximum absolute atomic E-state index is 2.31. The SMILES string of the molecule is CCCCCCCCC1CC1CCCC. The molecule has 1 rings (SSSR count). The van der Waals surface area contributed by atoms with Crippen LogP contribution in [0.15, 0.2) is 0 Å². The van der Waals surface area contributed by atoms with Gasteiger partial charge in [0.2, 0.25) is 0 Å². The summed E-state index contributed by atoms with van der Waals surface area (Å²) >= 11 is 0. The summed E-state index contributed by atoms with van der Waals surface area (Å²) in [5.74, 6) is 2.28. The van der Waals surface area contributed by atoms with Crippen LogP contribution in [-0.2, 0) is 0 Å². The summed E-state index contributed by atoms with van der Waals surface area (Å²) in [4.78, 5) is 0. The molecule has 0 nitrogen and oxygen atoms in total. The number of hydrogen-bond donors (Lipinski definition) is 0. The van der Waals surface area contributed by atoms with Gasteiger partial charge < -0.3 is 0 Å². The summed E-state index contributed by atoms with van der Waals surface area (Å²) in [6.07, 6.45) is 16.3. The van der Waals surface area contributed by atoms with Crippen LogP contribution in [0.1, 0.15) is 84.5 Å². The first-order chi connectivity index (χ1) is 7.38. The van der Waals surface area contributed by atoms with E-state index in [0.29, 0.717) is 0 Å². The lowest BCUT2D eigenvalue weighted by atomic mass is 10.1. The van der Waals surface area contributed by atoms with Crippen molar-refractivity contribution in [2.45, 2.75) is 84.5 Å². The minimum absolute atomic E-state index is 1.14. The summed E-state index contributed by atoms with van der Waals surface area (Å²) in [6, 6.07) is 0. The van der Waals surface area contributed by atoms with Crippen molar-refractivity contribution in [2.24, 2.45) is 11.8 Å². The monoisotopic (exact) mass is 210 g/mol. The van der Waals surface area contributed by atoms with E-state index in [9.17, 15) is 0 Å². The molecule has 15 heavy (non-hydrogen) atoms. The molecule has 0 spiro atoms. The van der Waals surface area contributed by atoms with Crippen LogP contribution in [0.3, 0.4) is 0 Å². The third-order valence-electron chi connectivity index (χ3n) is 3.93. The summed E-state index contributed by atoms with van der Waals surface area (Å²) in [7, 11) is 0. The Balaban J connectivity index is 1.78. The number of rotatable bonds is 10. The Morgan fingerprint density at radius 1 is 0.667 bits per heavy atom. The fourth-order valence-electron chi connectivity index (χ4n) is 2.67. The Morgan fingerprint density at radius 2 is 1.20 bits per heavy atom. The maximum atomic E-state index is 2.31. The highest BCUT2D eigenvalue weighted by molar-refractivity contribution is 4.85. The van der Waals surface area contributed by atoms with Gasteiger partial charge in [0.05, 0.1) is 0 Å². The molecular formula is C15H30. The van der Waals surface area contributed by atoms with Gasteiger partial charge in [0.1, 0.15) is 0 Å². The summed E-state index contributed by atoms with van der Waals surface area (Å²) in [6.45, 7) is 4.60. The molecule has 2 atom stereocenters. The molecule has 0 heterocycles. The summed E-state index contributed by atoms with van der Waals surface area (Å²) < 4.78 is 0. The molecule has 0 aliphatic heterocycles. The van der Waals surface area contributed by atoms with Gasteiger partial charge in [-0.1, -0.05) is 78.1 Å². The molecule has 0 amide bonds. The van der Waals surface area contributed by atoms with Crippen molar-refractivity contribution >= 4 is 0 Å². The van der Waals surface area contributed by atoms with Crippen LogP contribution in [-0.4, -0.2) is 0 Å². The van der Waals surface area contributed by atoms with Crippen LogP contribution in [0.25, 0.3) is 0 Å². The molecule has 0 aromatic rings. The molecule has 0 aromatic heterocycles. The minimum atomic E-state index is 1.14. The quantitative estimate of drug-likeness (QED) is 0.414. The molecule has 0 heteroatoms. The van der Waals surface area contributed by atoms with E-state index in [1.807, 2.05) is 0 Å². The third kappa shape index (κ3) is 6.22. The Labute approximate surface area is 96.8 Å². The van der Waals surface area contributed by atoms with E-state index in [4.69, 9.17) is 0 Å². The molecular weight excluding hydrogens is 180 g/mol. The number of hydrogen-bond acceptors (Lipinski definition) is 0. The van der Waals surface area contributed by atoms with Gasteiger partial charge in [-0.2, -0.15) is 0 Å². The van der Waals surface area contributed by atoms with E-state index in [0.717, 1.165) is 11.8 Å². The van der Waals surface area contributed by atoms with Crippen molar-refractivity contribution in [3.63, 3.8) is 0 Å². The van der Waals surface area contributed by atoms with Crippen molar-refractivity contribution in [3.8, 4) is 0 Å². The van der Waals surface area contributed by atoms with E-state index < -0.39 is 0 Å². The van der Waals surface area contributed by atoms with E-state index in [1.165, 1.54) is 57.8 Å². The maximum Gasteiger partial charge on any atom is -0.0383 e. The van der Waals surface area contributed by atoms with Crippen LogP contribution in [0, 0.1) is 11.8 Å². The zero-order valence-electron chi connectivity index (χ0n) is 10.9. The molecule has 0 aromatic carbocycles. The molecule has 1 aliphatic carbocycles. The minimum Gasteiger partial charge on any atom is -0.0654 e. The van der Waals surface area contributed by atoms with Crippen molar-refractivity contribution in [1.29, 1.82) is 0 Å². The van der Waals surface area contributed by atoms with Gasteiger partial charge in [-0.3, -0.25) is 0 Å². The smallest absolute Gasteiger partial charge is 0.0383 e. The molecule has 0 radical (unpaired) electrons. The standard InChI is InChI=1S/C15H30/c1-3-5-7-8-9-10-12-15-13-14(15)11-6-4-2/h14-15H,3-13H2,1-2H3. The zero-order valence-corrected chi connectivity index (χ0v) is 10.9. The third-order valence-corrected chi connectivity index (χ3v) is 3.93. The first-order valence-corrected chi connectivity index (χ1v) is 7.38. The van der Waals surface area contributed by atoms with Crippen LogP contribution in [0.2, 0.25) is 0 Å². The average Bonchev–Trinajstić information content (AvgIpc) is 2.99. The van der Waals surface area contributed by atoms with Gasteiger partial charge >= 0.3 is 0 Å². The molecule has 0 N–H and O–H groups in total. The Hall–Kier alpha value is 0. The normalized spacial score (nSPS) is 24.4. The van der Waals surface area contributed by atoms with Crippen LogP contribution < -0.4 is 0 Å². The van der Waals surface area contributed by atoms with Crippen LogP contribution >= 0.6 is 0 Å². The first kappa shape index (κ1) is 13.1. The topological polar surface area (TPSA) is 0 Å². The lowest BCUT2D eigenvalue weighted by Crippen LogP contribution is -1.85. The summed E-state index contributed by atoms with van der Waals surface area (Å²) in [5, 5.41) is 0. The Morgan fingerprint density at radius 3 is 1.87 bits per heavy atom. The molecule has 90 valence electrons. The van der Waals surface area contributed by atoms with E-state index in [2.05, 4.69) is 13.8 Å². The lowest BCUT2D eigenvalue weighted by molar-refractivity contribution is 0.530. The van der Waals surface area contributed by atoms with Gasteiger partial charge in [0.15, 0.2) is 0 Å². The predicted molar refractivity (Wildman–Crippen MR) is 69.1 cm³/mol. The van der Waals surface area contributed by atoms with E-state index in [-0.39, 0.29) is 0 Å². The lowest BCUT2D eigenvalue weighted by Gasteiger charge is -2.01. The number of unbranched alkanes of at least 4 members (excludes halogenated alkanes) is 6. The van der Waals surface area contributed by atoms with Crippen molar-refractivity contribution in [1.82, 2.24) is 0 Å². The predicted octanol–water partition coefficient (Wildman–Crippen LogP) is 5.56. The van der Waals surface area contributed by atoms with Gasteiger partial charge in [0, 0.05) is 0 Å². The zero-order chi connectivity index (χ0) is 10.9. The average molecular weight is 210 g/mol. The van der Waals surface area contributed by atoms with Crippen LogP contribution in [0.5, 0.6) is 0 Å². The van der Waals surface area contributed by atoms with Crippen LogP contribution in [0.4, 0.5) is 0 Å². The van der Waals surface area contributed by atoms with Crippen molar-refractivity contribution in [2.75, 3.05) is 0 Å². The van der Waals surface area contributed by atoms with Gasteiger partial charge in [-0.15, -0.1) is 0 Å². The fourth-order valence-corrected chi connectivity index (χ4v) is 2.67. The van der Waals surface area contributed by atoms with Gasteiger partial charge in [-0.05, 0) is 18.3 Å². The highest BCUT2D eigenvalue weighted by Gasteiger charge is 2.34. The molecule has 1 aliphatic rings. The highest BCUT2D eigenvalue weighted by Crippen LogP contribution is 2.45. The second-order valence-electron chi connectivity index (χ2n) is 5.45. The fraction of sp³-hybridized carbons (Fsp3) is 1.00. The largest absolute Gasteiger partial charge is 0.0654 e. The highest BCUT2D eigenvalue weighted by atomic mass is 14.4. The van der Waals surface area contributed by atoms with Crippen molar-refractivity contribution in [3.05, 3.63) is 0 Å². The molecule has 0 saturated heterocycles. The summed E-state index contributed by atoms with van der Waals surface area (Å²) in [5.41, 5.74) is 0. The molecule has 2 unspecified atom stereocenters. The second kappa shape index (κ2) is 8.19. The molecule has 1 fully saturated rings. The van der Waals surface area contributed by atoms with Gasteiger partial charge in [0.25, 0.3) is 0 Å². The second-order valence-corrected chi connectivity index (χ2v) is 5.45. The van der Waals surface area contributed by atoms with Gasteiger partial charge in [-0.25, -0.2) is 0 Å². The van der Waals surface area contributed by atoms with Crippen molar-refractivity contribution < 1.29 is 0 Å². The molecule has 1 saturated carbocycles. The molecule has 0 bridgehead atoms. The first-order valence-electron chi connectivity index (χ1n) is 7.38. The van der Waals surface area contributed by atoms with E-state index in [1.54, 1.807) is 12.8 Å². The Kier molecular flexibility index (Phi) is 7.13. The Bertz CT molecular complexity index is 139.